The molecule has 0 saturated heterocycles. The maximum Gasteiger partial charge on any atom is 0.308 e. The van der Waals surface area contributed by atoms with Gasteiger partial charge in [-0.1, -0.05) is 0 Å². The number of amides is 1. The van der Waals surface area contributed by atoms with E-state index in [1.54, 1.807) is 0 Å². The van der Waals surface area contributed by atoms with Crippen molar-refractivity contribution in [2.24, 2.45) is 11.7 Å². The largest absolute Gasteiger partial charge is 0.481 e. The van der Waals surface area contributed by atoms with Crippen LogP contribution in [-0.4, -0.2) is 40.5 Å². The summed E-state index contributed by atoms with van der Waals surface area (Å²) in [6.45, 7) is 4.03. The van der Waals surface area contributed by atoms with Gasteiger partial charge in [-0.05, 0) is 26.7 Å². The molecule has 2 unspecified atom stereocenters. The predicted molar refractivity (Wildman–Crippen MR) is 55.2 cm³/mol. The zero-order valence-electron chi connectivity index (χ0n) is 9.14. The second-order valence-electron chi connectivity index (χ2n) is 4.32. The van der Waals surface area contributed by atoms with Crippen LogP contribution in [0.3, 0.4) is 0 Å². The van der Waals surface area contributed by atoms with Crippen LogP contribution < -0.4 is 5.73 Å². The monoisotopic (exact) mass is 214 g/mol. The van der Waals surface area contributed by atoms with E-state index in [0.29, 0.717) is 6.42 Å². The Morgan fingerprint density at radius 1 is 1.47 bits per heavy atom. The lowest BCUT2D eigenvalue weighted by Crippen LogP contribution is -2.55. The molecule has 1 rings (SSSR count). The molecule has 1 saturated carbocycles. The van der Waals surface area contributed by atoms with Gasteiger partial charge in [0.2, 0.25) is 5.91 Å². The van der Waals surface area contributed by atoms with Crippen molar-refractivity contribution >= 4 is 11.9 Å². The van der Waals surface area contributed by atoms with Gasteiger partial charge in [0.15, 0.2) is 0 Å². The lowest BCUT2D eigenvalue weighted by atomic mass is 9.78. The van der Waals surface area contributed by atoms with Crippen LogP contribution in [0, 0.1) is 5.92 Å². The fourth-order valence-electron chi connectivity index (χ4n) is 2.03. The van der Waals surface area contributed by atoms with Gasteiger partial charge >= 0.3 is 5.97 Å². The molecule has 5 heteroatoms. The van der Waals surface area contributed by atoms with E-state index in [9.17, 15) is 9.59 Å². The Morgan fingerprint density at radius 3 is 2.33 bits per heavy atom. The van der Waals surface area contributed by atoms with Gasteiger partial charge in [0.25, 0.3) is 0 Å². The molecule has 0 bridgehead atoms. The van der Waals surface area contributed by atoms with Gasteiger partial charge in [-0.2, -0.15) is 0 Å². The summed E-state index contributed by atoms with van der Waals surface area (Å²) in [5.41, 5.74) is 5.14. The quantitative estimate of drug-likeness (QED) is 0.677. The molecule has 2 atom stereocenters. The number of primary amides is 1. The number of carboxylic acids is 1. The highest BCUT2D eigenvalue weighted by atomic mass is 16.4. The first-order valence-electron chi connectivity index (χ1n) is 5.20. The summed E-state index contributed by atoms with van der Waals surface area (Å²) >= 11 is 0. The second-order valence-corrected chi connectivity index (χ2v) is 4.32. The molecule has 1 aliphatic carbocycles. The molecule has 1 amide bonds. The molecule has 3 N–H and O–H groups in total. The van der Waals surface area contributed by atoms with E-state index in [0.717, 1.165) is 6.42 Å². The Morgan fingerprint density at radius 2 is 2.07 bits per heavy atom. The number of carbonyl (C=O) groups is 2. The second kappa shape index (κ2) is 4.61. The van der Waals surface area contributed by atoms with Crippen LogP contribution in [0.4, 0.5) is 0 Å². The molecule has 0 aromatic carbocycles. The predicted octanol–water partition coefficient (Wildman–Crippen LogP) is 0.0453. The van der Waals surface area contributed by atoms with Crippen molar-refractivity contribution in [3.8, 4) is 0 Å². The molecule has 86 valence electrons. The summed E-state index contributed by atoms with van der Waals surface area (Å²) in [6, 6.07) is 0.111. The first kappa shape index (κ1) is 12.0. The molecule has 0 heterocycles. The van der Waals surface area contributed by atoms with Crippen molar-refractivity contribution in [3.05, 3.63) is 0 Å². The van der Waals surface area contributed by atoms with Crippen molar-refractivity contribution in [2.75, 3.05) is 6.54 Å². The fraction of sp³-hybridized carbons (Fsp3) is 0.800. The Bertz CT molecular complexity index is 265. The minimum atomic E-state index is -0.777. The third-order valence-electron chi connectivity index (χ3n) is 2.98. The number of nitrogens with zero attached hydrogens (tertiary/aromatic N) is 1. The van der Waals surface area contributed by atoms with Gasteiger partial charge in [-0.25, -0.2) is 0 Å². The summed E-state index contributed by atoms with van der Waals surface area (Å²) in [6.07, 6.45) is 1.53. The van der Waals surface area contributed by atoms with Crippen LogP contribution >= 0.6 is 0 Å². The third-order valence-corrected chi connectivity index (χ3v) is 2.98. The van der Waals surface area contributed by atoms with Gasteiger partial charge in [0.05, 0.1) is 12.5 Å². The zero-order valence-corrected chi connectivity index (χ0v) is 9.14. The van der Waals surface area contributed by atoms with Crippen LogP contribution in [0.5, 0.6) is 0 Å². The standard InChI is InChI=1S/C10H18N2O3/c1-6(2)12(5-9(11)13)8-4-3-7(8)10(14)15/h6-8H,3-5H2,1-2H3,(H2,11,13)(H,14,15). The van der Waals surface area contributed by atoms with E-state index < -0.39 is 11.9 Å². The molecule has 0 radical (unpaired) electrons. The van der Waals surface area contributed by atoms with Crippen LogP contribution in [0.15, 0.2) is 0 Å². The minimum Gasteiger partial charge on any atom is -0.481 e. The molecule has 0 aromatic heterocycles. The van der Waals surface area contributed by atoms with Gasteiger partial charge in [-0.3, -0.25) is 14.5 Å². The topological polar surface area (TPSA) is 83.6 Å². The van der Waals surface area contributed by atoms with Crippen molar-refractivity contribution in [3.63, 3.8) is 0 Å². The average Bonchev–Trinajstić information content (AvgIpc) is 1.98. The van der Waals surface area contributed by atoms with Crippen molar-refractivity contribution < 1.29 is 14.7 Å². The van der Waals surface area contributed by atoms with Crippen LogP contribution in [-0.2, 0) is 9.59 Å². The Balaban J connectivity index is 2.64. The molecule has 1 aliphatic rings. The highest BCUT2D eigenvalue weighted by Crippen LogP contribution is 2.33. The molecule has 0 aliphatic heterocycles. The SMILES string of the molecule is CC(C)N(CC(N)=O)C1CCC1C(=O)O. The van der Waals surface area contributed by atoms with Gasteiger partial charge < -0.3 is 10.8 Å². The van der Waals surface area contributed by atoms with E-state index in [4.69, 9.17) is 10.8 Å². The first-order chi connectivity index (χ1) is 6.93. The fourth-order valence-corrected chi connectivity index (χ4v) is 2.03. The average molecular weight is 214 g/mol. The normalized spacial score (nSPS) is 25.3. The first-order valence-corrected chi connectivity index (χ1v) is 5.20. The van der Waals surface area contributed by atoms with Gasteiger partial charge in [0.1, 0.15) is 0 Å². The molecule has 0 spiro atoms. The third kappa shape index (κ3) is 2.68. The number of nitrogens with two attached hydrogens (primary N) is 1. The lowest BCUT2D eigenvalue weighted by Gasteiger charge is -2.43. The van der Waals surface area contributed by atoms with E-state index >= 15 is 0 Å². The highest BCUT2D eigenvalue weighted by molar-refractivity contribution is 5.76. The number of carbonyl (C=O) groups excluding carboxylic acids is 1. The molecular formula is C10H18N2O3. The summed E-state index contributed by atoms with van der Waals surface area (Å²) in [5.74, 6) is -1.52. The molecule has 0 aromatic rings. The number of hydrogen-bond acceptors (Lipinski definition) is 3. The summed E-state index contributed by atoms with van der Waals surface area (Å²) < 4.78 is 0. The number of carboxylic acid groups (broad SMARTS) is 1. The number of aliphatic carboxylic acids is 1. The van der Waals surface area contributed by atoms with E-state index in [-0.39, 0.29) is 24.5 Å². The van der Waals surface area contributed by atoms with Crippen LogP contribution in [0.2, 0.25) is 0 Å². The number of rotatable bonds is 5. The summed E-state index contributed by atoms with van der Waals surface area (Å²) in [5, 5.41) is 8.93. The zero-order chi connectivity index (χ0) is 11.6. The Kier molecular flexibility index (Phi) is 3.68. The van der Waals surface area contributed by atoms with Gasteiger partial charge in [-0.15, -0.1) is 0 Å². The highest BCUT2D eigenvalue weighted by Gasteiger charge is 2.41. The molecule has 15 heavy (non-hydrogen) atoms. The van der Waals surface area contributed by atoms with E-state index in [2.05, 4.69) is 0 Å². The Labute approximate surface area is 89.2 Å². The van der Waals surface area contributed by atoms with Crippen LogP contribution in [0.25, 0.3) is 0 Å². The summed E-state index contributed by atoms with van der Waals surface area (Å²) in [4.78, 5) is 23.6. The van der Waals surface area contributed by atoms with E-state index in [1.165, 1.54) is 0 Å². The Hall–Kier alpha value is -1.10. The smallest absolute Gasteiger partial charge is 0.308 e. The summed E-state index contributed by atoms with van der Waals surface area (Å²) in [7, 11) is 0. The van der Waals surface area contributed by atoms with E-state index in [1.807, 2.05) is 18.7 Å². The number of hydrogen-bond donors (Lipinski definition) is 2. The van der Waals surface area contributed by atoms with Gasteiger partial charge in [0, 0.05) is 12.1 Å². The molecule has 5 nitrogen and oxygen atoms in total. The van der Waals surface area contributed by atoms with Crippen molar-refractivity contribution in [2.45, 2.75) is 38.8 Å². The maximum atomic E-state index is 10.9. The van der Waals surface area contributed by atoms with Crippen molar-refractivity contribution in [1.29, 1.82) is 0 Å². The lowest BCUT2D eigenvalue weighted by molar-refractivity contribution is -0.150. The van der Waals surface area contributed by atoms with Crippen LogP contribution in [0.1, 0.15) is 26.7 Å². The molecular weight excluding hydrogens is 196 g/mol. The van der Waals surface area contributed by atoms with Crippen molar-refractivity contribution in [1.82, 2.24) is 4.90 Å². The minimum absolute atomic E-state index is 0.0324. The molecule has 1 fully saturated rings. The maximum absolute atomic E-state index is 10.9.